The summed E-state index contributed by atoms with van der Waals surface area (Å²) in [7, 11) is 1.76. The van der Waals surface area contributed by atoms with Gasteiger partial charge in [-0.05, 0) is 6.92 Å². The molecular weight excluding hydrogens is 154 g/mol. The zero-order valence-corrected chi connectivity index (χ0v) is 8.03. The van der Waals surface area contributed by atoms with E-state index in [4.69, 9.17) is 0 Å². The number of aromatic nitrogens is 3. The summed E-state index contributed by atoms with van der Waals surface area (Å²) >= 11 is 0. The van der Waals surface area contributed by atoms with Crippen LogP contribution in [0.3, 0.4) is 0 Å². The summed E-state index contributed by atoms with van der Waals surface area (Å²) < 4.78 is 3.09. The molecule has 12 heavy (non-hydrogen) atoms. The van der Waals surface area contributed by atoms with Gasteiger partial charge in [-0.2, -0.15) is 5.10 Å². The quantitative estimate of drug-likeness (QED) is 0.654. The van der Waals surface area contributed by atoms with Crippen LogP contribution in [0.1, 0.15) is 32.5 Å². The van der Waals surface area contributed by atoms with E-state index in [2.05, 4.69) is 5.10 Å². The van der Waals surface area contributed by atoms with Gasteiger partial charge in [-0.3, -0.25) is 4.57 Å². The van der Waals surface area contributed by atoms with Gasteiger partial charge in [0.15, 0.2) is 0 Å². The number of aryl methyl sites for hydroxylation is 1. The van der Waals surface area contributed by atoms with Crippen LogP contribution in [0, 0.1) is 0 Å². The van der Waals surface area contributed by atoms with Crippen molar-refractivity contribution in [3.8, 4) is 0 Å². The van der Waals surface area contributed by atoms with Crippen LogP contribution in [0.4, 0.5) is 0 Å². The molecule has 0 atom stereocenters. The third kappa shape index (κ3) is 1.29. The van der Waals surface area contributed by atoms with Crippen molar-refractivity contribution < 1.29 is 0 Å². The van der Waals surface area contributed by atoms with E-state index in [1.165, 1.54) is 4.68 Å². The van der Waals surface area contributed by atoms with Gasteiger partial charge in [0.2, 0.25) is 0 Å². The topological polar surface area (TPSA) is 39.8 Å². The van der Waals surface area contributed by atoms with Crippen molar-refractivity contribution >= 4 is 0 Å². The second-order valence-electron chi connectivity index (χ2n) is 3.17. The molecular formula is C8H15N3O. The number of rotatable bonds is 2. The summed E-state index contributed by atoms with van der Waals surface area (Å²) in [5.74, 6) is 1.15. The second-order valence-corrected chi connectivity index (χ2v) is 3.17. The first-order valence-electron chi connectivity index (χ1n) is 4.21. The summed E-state index contributed by atoms with van der Waals surface area (Å²) in [4.78, 5) is 11.4. The number of hydrogen-bond donors (Lipinski definition) is 0. The molecule has 0 N–H and O–H groups in total. The molecule has 1 rings (SSSR count). The average molecular weight is 169 g/mol. The lowest BCUT2D eigenvalue weighted by atomic mass is 10.2. The van der Waals surface area contributed by atoms with Crippen LogP contribution in [0.2, 0.25) is 0 Å². The minimum absolute atomic E-state index is 0.0267. The Morgan fingerprint density at radius 3 is 2.33 bits per heavy atom. The minimum atomic E-state index is -0.0267. The molecule has 1 aromatic rings. The molecule has 1 aromatic heterocycles. The first-order valence-corrected chi connectivity index (χ1v) is 4.21. The van der Waals surface area contributed by atoms with Gasteiger partial charge in [0, 0.05) is 19.5 Å². The smallest absolute Gasteiger partial charge is 0.282 e. The van der Waals surface area contributed by atoms with Crippen molar-refractivity contribution in [3.63, 3.8) is 0 Å². The van der Waals surface area contributed by atoms with Crippen LogP contribution in [-0.2, 0) is 13.6 Å². The zero-order chi connectivity index (χ0) is 9.30. The van der Waals surface area contributed by atoms with Crippen LogP contribution < -0.4 is 5.69 Å². The maximum absolute atomic E-state index is 11.4. The van der Waals surface area contributed by atoms with Crippen molar-refractivity contribution in [3.05, 3.63) is 16.3 Å². The maximum Gasteiger partial charge on any atom is 0.345 e. The molecule has 0 amide bonds. The average Bonchev–Trinajstić information content (AvgIpc) is 2.30. The standard InChI is InChI=1S/C8H15N3O/c1-5-11-8(12)10(4)7(9-11)6(2)3/h6H,5H2,1-4H3. The fraction of sp³-hybridized carbons (Fsp3) is 0.750. The summed E-state index contributed by atoms with van der Waals surface area (Å²) in [6, 6.07) is 0. The normalized spacial score (nSPS) is 11.1. The number of nitrogens with zero attached hydrogens (tertiary/aromatic N) is 3. The third-order valence-corrected chi connectivity index (χ3v) is 1.89. The largest absolute Gasteiger partial charge is 0.345 e. The predicted octanol–water partition coefficient (Wildman–Crippen LogP) is 0.725. The van der Waals surface area contributed by atoms with Gasteiger partial charge in [0.1, 0.15) is 5.82 Å². The van der Waals surface area contributed by atoms with Gasteiger partial charge < -0.3 is 0 Å². The fourth-order valence-electron chi connectivity index (χ4n) is 1.21. The molecule has 0 aliphatic rings. The van der Waals surface area contributed by atoms with E-state index in [1.54, 1.807) is 11.6 Å². The molecule has 0 saturated heterocycles. The Kier molecular flexibility index (Phi) is 2.35. The molecule has 0 bridgehead atoms. The monoisotopic (exact) mass is 169 g/mol. The lowest BCUT2D eigenvalue weighted by Crippen LogP contribution is -2.22. The molecule has 4 nitrogen and oxygen atoms in total. The number of hydrogen-bond acceptors (Lipinski definition) is 2. The van der Waals surface area contributed by atoms with Gasteiger partial charge in [0.05, 0.1) is 0 Å². The van der Waals surface area contributed by atoms with E-state index in [0.29, 0.717) is 12.5 Å². The van der Waals surface area contributed by atoms with E-state index in [0.717, 1.165) is 5.82 Å². The first-order chi connectivity index (χ1) is 5.57. The van der Waals surface area contributed by atoms with Crippen molar-refractivity contribution in [2.75, 3.05) is 0 Å². The lowest BCUT2D eigenvalue weighted by Gasteiger charge is -2.00. The molecule has 0 aromatic carbocycles. The Hall–Kier alpha value is -1.06. The summed E-state index contributed by atoms with van der Waals surface area (Å²) in [6.07, 6.45) is 0. The molecule has 0 aliphatic carbocycles. The lowest BCUT2D eigenvalue weighted by molar-refractivity contribution is 0.617. The summed E-state index contributed by atoms with van der Waals surface area (Å²) in [6.45, 7) is 6.61. The highest BCUT2D eigenvalue weighted by Crippen LogP contribution is 2.07. The SMILES string of the molecule is CCn1nc(C(C)C)n(C)c1=O. The molecule has 4 heteroatoms. The van der Waals surface area contributed by atoms with Crippen LogP contribution in [-0.4, -0.2) is 14.3 Å². The van der Waals surface area contributed by atoms with Gasteiger partial charge >= 0.3 is 5.69 Å². The molecule has 0 unspecified atom stereocenters. The van der Waals surface area contributed by atoms with Crippen molar-refractivity contribution in [2.45, 2.75) is 33.2 Å². The Morgan fingerprint density at radius 1 is 1.50 bits per heavy atom. The van der Waals surface area contributed by atoms with Gasteiger partial charge in [-0.25, -0.2) is 9.48 Å². The van der Waals surface area contributed by atoms with E-state index >= 15 is 0 Å². The highest BCUT2D eigenvalue weighted by molar-refractivity contribution is 4.92. The fourth-order valence-corrected chi connectivity index (χ4v) is 1.21. The highest BCUT2D eigenvalue weighted by atomic mass is 16.2. The first kappa shape index (κ1) is 9.03. The molecule has 0 spiro atoms. The zero-order valence-electron chi connectivity index (χ0n) is 8.03. The van der Waals surface area contributed by atoms with E-state index < -0.39 is 0 Å². The molecule has 0 saturated carbocycles. The Labute approximate surface area is 71.8 Å². The van der Waals surface area contributed by atoms with Crippen LogP contribution >= 0.6 is 0 Å². The summed E-state index contributed by atoms with van der Waals surface area (Å²) in [5, 5.41) is 4.19. The molecule has 0 fully saturated rings. The van der Waals surface area contributed by atoms with Gasteiger partial charge in [-0.15, -0.1) is 0 Å². The second kappa shape index (κ2) is 3.13. The molecule has 68 valence electrons. The van der Waals surface area contributed by atoms with Crippen LogP contribution in [0.25, 0.3) is 0 Å². The molecule has 1 heterocycles. The minimum Gasteiger partial charge on any atom is -0.282 e. The van der Waals surface area contributed by atoms with E-state index in [1.807, 2.05) is 20.8 Å². The Bertz CT molecular complexity index is 322. The van der Waals surface area contributed by atoms with E-state index in [9.17, 15) is 4.79 Å². The van der Waals surface area contributed by atoms with Gasteiger partial charge in [0.25, 0.3) is 0 Å². The summed E-state index contributed by atoms with van der Waals surface area (Å²) in [5.41, 5.74) is -0.0267. The molecule has 0 radical (unpaired) electrons. The van der Waals surface area contributed by atoms with Crippen molar-refractivity contribution in [1.82, 2.24) is 14.3 Å². The van der Waals surface area contributed by atoms with Crippen molar-refractivity contribution in [1.29, 1.82) is 0 Å². The van der Waals surface area contributed by atoms with Crippen LogP contribution in [0.15, 0.2) is 4.79 Å². The van der Waals surface area contributed by atoms with E-state index in [-0.39, 0.29) is 5.69 Å². The van der Waals surface area contributed by atoms with Gasteiger partial charge in [-0.1, -0.05) is 13.8 Å². The predicted molar refractivity (Wildman–Crippen MR) is 47.2 cm³/mol. The Morgan fingerprint density at radius 2 is 2.08 bits per heavy atom. The molecule has 0 aliphatic heterocycles. The third-order valence-electron chi connectivity index (χ3n) is 1.89. The maximum atomic E-state index is 11.4. The Balaban J connectivity index is 3.25. The van der Waals surface area contributed by atoms with Crippen molar-refractivity contribution in [2.24, 2.45) is 7.05 Å². The highest BCUT2D eigenvalue weighted by Gasteiger charge is 2.11. The van der Waals surface area contributed by atoms with Crippen LogP contribution in [0.5, 0.6) is 0 Å².